The van der Waals surface area contributed by atoms with Gasteiger partial charge in [0.2, 0.25) is 0 Å². The van der Waals surface area contributed by atoms with E-state index in [2.05, 4.69) is 30.6 Å². The van der Waals surface area contributed by atoms with Gasteiger partial charge >= 0.3 is 0 Å². The molecule has 0 amide bonds. The fourth-order valence-corrected chi connectivity index (χ4v) is 2.15. The van der Waals surface area contributed by atoms with Gasteiger partial charge in [-0.05, 0) is 39.1 Å². The first-order valence-corrected chi connectivity index (χ1v) is 6.88. The molecule has 0 bridgehead atoms. The maximum atomic E-state index is 5.79. The quantitative estimate of drug-likeness (QED) is 0.590. The van der Waals surface area contributed by atoms with Crippen LogP contribution >= 0.6 is 0 Å². The topological polar surface area (TPSA) is 41.7 Å². The highest BCUT2D eigenvalue weighted by Gasteiger charge is 2.14. The summed E-state index contributed by atoms with van der Waals surface area (Å²) < 4.78 is 5.22. The summed E-state index contributed by atoms with van der Waals surface area (Å²) in [7, 11) is 1.74. The smallest absolute Gasteiger partial charge is 0.0630 e. The van der Waals surface area contributed by atoms with Crippen LogP contribution in [0, 0.1) is 0 Å². The van der Waals surface area contributed by atoms with Crippen LogP contribution in [0.5, 0.6) is 0 Å². The van der Waals surface area contributed by atoms with Crippen LogP contribution in [0.15, 0.2) is 0 Å². The molecule has 1 unspecified atom stereocenters. The van der Waals surface area contributed by atoms with E-state index in [4.69, 9.17) is 10.5 Å². The Hall–Kier alpha value is -0.160. The van der Waals surface area contributed by atoms with Crippen molar-refractivity contribution < 1.29 is 4.74 Å². The lowest BCUT2D eigenvalue weighted by molar-refractivity contribution is 0.0940. The Morgan fingerprint density at radius 2 is 1.71 bits per heavy atom. The van der Waals surface area contributed by atoms with E-state index in [1.165, 1.54) is 13.0 Å². The third-order valence-electron chi connectivity index (χ3n) is 3.37. The highest BCUT2D eigenvalue weighted by Crippen LogP contribution is 2.01. The van der Waals surface area contributed by atoms with E-state index in [1.807, 2.05) is 0 Å². The summed E-state index contributed by atoms with van der Waals surface area (Å²) in [5.74, 6) is 0. The summed E-state index contributed by atoms with van der Waals surface area (Å²) in [6.07, 6.45) is 1.20. The zero-order valence-electron chi connectivity index (χ0n) is 12.1. The minimum Gasteiger partial charge on any atom is -0.383 e. The largest absolute Gasteiger partial charge is 0.383 e. The Balaban J connectivity index is 3.94. The van der Waals surface area contributed by atoms with E-state index in [0.29, 0.717) is 12.6 Å². The minimum atomic E-state index is 0.363. The highest BCUT2D eigenvalue weighted by atomic mass is 16.5. The molecule has 2 N–H and O–H groups in total. The Morgan fingerprint density at radius 1 is 1.06 bits per heavy atom. The molecule has 0 aromatic rings. The van der Waals surface area contributed by atoms with Crippen molar-refractivity contribution >= 4 is 0 Å². The molecule has 0 heterocycles. The Morgan fingerprint density at radius 3 is 2.12 bits per heavy atom. The van der Waals surface area contributed by atoms with E-state index in [0.717, 1.165) is 32.8 Å². The van der Waals surface area contributed by atoms with Gasteiger partial charge in [-0.25, -0.2) is 0 Å². The maximum Gasteiger partial charge on any atom is 0.0630 e. The van der Waals surface area contributed by atoms with Crippen molar-refractivity contribution in [1.29, 1.82) is 0 Å². The third-order valence-corrected chi connectivity index (χ3v) is 3.37. The second kappa shape index (κ2) is 11.0. The summed E-state index contributed by atoms with van der Waals surface area (Å²) in [6.45, 7) is 13.6. The molecular weight excluding hydrogens is 214 g/mol. The van der Waals surface area contributed by atoms with Crippen molar-refractivity contribution in [2.24, 2.45) is 5.73 Å². The normalized spacial score (nSPS) is 13.6. The van der Waals surface area contributed by atoms with Gasteiger partial charge in [-0.3, -0.25) is 4.90 Å². The van der Waals surface area contributed by atoms with E-state index in [-0.39, 0.29) is 0 Å². The lowest BCUT2D eigenvalue weighted by Crippen LogP contribution is -2.44. The summed E-state index contributed by atoms with van der Waals surface area (Å²) in [5.41, 5.74) is 5.79. The van der Waals surface area contributed by atoms with Crippen molar-refractivity contribution in [2.45, 2.75) is 33.2 Å². The van der Waals surface area contributed by atoms with Crippen LogP contribution in [0.2, 0.25) is 0 Å². The number of nitrogens with zero attached hydrogens (tertiary/aromatic N) is 2. The fourth-order valence-electron chi connectivity index (χ4n) is 2.15. The number of nitrogens with two attached hydrogens (primary N) is 1. The van der Waals surface area contributed by atoms with Crippen molar-refractivity contribution in [3.8, 4) is 0 Å². The molecule has 0 rings (SSSR count). The molecule has 0 saturated carbocycles. The monoisotopic (exact) mass is 245 g/mol. The number of hydrogen-bond donors (Lipinski definition) is 1. The van der Waals surface area contributed by atoms with Gasteiger partial charge in [0.15, 0.2) is 0 Å². The van der Waals surface area contributed by atoms with Crippen molar-refractivity contribution in [3.63, 3.8) is 0 Å². The van der Waals surface area contributed by atoms with Gasteiger partial charge in [0.25, 0.3) is 0 Å². The van der Waals surface area contributed by atoms with Crippen molar-refractivity contribution in [3.05, 3.63) is 0 Å². The molecule has 0 aliphatic rings. The van der Waals surface area contributed by atoms with E-state index >= 15 is 0 Å². The van der Waals surface area contributed by atoms with Gasteiger partial charge in [0.05, 0.1) is 6.61 Å². The van der Waals surface area contributed by atoms with E-state index in [9.17, 15) is 0 Å². The summed E-state index contributed by atoms with van der Waals surface area (Å²) in [4.78, 5) is 4.88. The molecule has 17 heavy (non-hydrogen) atoms. The maximum absolute atomic E-state index is 5.79. The molecule has 104 valence electrons. The molecule has 0 aromatic carbocycles. The van der Waals surface area contributed by atoms with Gasteiger partial charge in [-0.1, -0.05) is 20.8 Å². The molecule has 0 saturated heterocycles. The van der Waals surface area contributed by atoms with Crippen molar-refractivity contribution in [1.82, 2.24) is 9.80 Å². The standard InChI is InChI=1S/C13H31N3O/c1-5-15(6-2)9-8-10-16(7-3)13(11-14)12-17-4/h13H,5-12,14H2,1-4H3. The zero-order chi connectivity index (χ0) is 13.1. The number of hydrogen-bond acceptors (Lipinski definition) is 4. The van der Waals surface area contributed by atoms with Crippen molar-refractivity contribution in [2.75, 3.05) is 53.0 Å². The van der Waals surface area contributed by atoms with E-state index < -0.39 is 0 Å². The van der Waals surface area contributed by atoms with Gasteiger partial charge < -0.3 is 15.4 Å². The lowest BCUT2D eigenvalue weighted by atomic mass is 10.2. The van der Waals surface area contributed by atoms with Crippen LogP contribution in [-0.4, -0.2) is 68.8 Å². The van der Waals surface area contributed by atoms with Crippen LogP contribution in [-0.2, 0) is 4.74 Å². The van der Waals surface area contributed by atoms with Crippen LogP contribution in [0.4, 0.5) is 0 Å². The second-order valence-corrected chi connectivity index (χ2v) is 4.35. The molecule has 0 radical (unpaired) electrons. The Kier molecular flexibility index (Phi) is 10.9. The predicted octanol–water partition coefficient (Wildman–Crippen LogP) is 1.01. The number of methoxy groups -OCH3 is 1. The summed E-state index contributed by atoms with van der Waals surface area (Å²) in [6, 6.07) is 0.363. The van der Waals surface area contributed by atoms with Crippen LogP contribution in [0.3, 0.4) is 0 Å². The van der Waals surface area contributed by atoms with Crippen LogP contribution < -0.4 is 5.73 Å². The summed E-state index contributed by atoms with van der Waals surface area (Å²) in [5, 5.41) is 0. The first-order valence-electron chi connectivity index (χ1n) is 6.88. The lowest BCUT2D eigenvalue weighted by Gasteiger charge is -2.30. The van der Waals surface area contributed by atoms with Gasteiger partial charge in [0.1, 0.15) is 0 Å². The molecule has 0 fully saturated rings. The molecule has 0 aromatic heterocycles. The van der Waals surface area contributed by atoms with Crippen LogP contribution in [0.1, 0.15) is 27.2 Å². The first-order chi connectivity index (χ1) is 8.23. The number of ether oxygens (including phenoxy) is 1. The Bertz CT molecular complexity index is 163. The second-order valence-electron chi connectivity index (χ2n) is 4.35. The molecule has 0 spiro atoms. The zero-order valence-corrected chi connectivity index (χ0v) is 12.1. The van der Waals surface area contributed by atoms with Gasteiger partial charge in [0, 0.05) is 19.7 Å². The van der Waals surface area contributed by atoms with Gasteiger partial charge in [-0.2, -0.15) is 0 Å². The number of rotatable bonds is 11. The number of likely N-dealkylation sites (N-methyl/N-ethyl adjacent to an activating group) is 1. The fraction of sp³-hybridized carbons (Fsp3) is 1.00. The van der Waals surface area contributed by atoms with Crippen LogP contribution in [0.25, 0.3) is 0 Å². The SMILES string of the molecule is CCN(CC)CCCN(CC)C(CN)COC. The third kappa shape index (κ3) is 6.99. The average molecular weight is 245 g/mol. The predicted molar refractivity (Wildman–Crippen MR) is 74.4 cm³/mol. The molecule has 0 aliphatic heterocycles. The first kappa shape index (κ1) is 16.8. The molecule has 4 nitrogen and oxygen atoms in total. The molecule has 1 atom stereocenters. The minimum absolute atomic E-state index is 0.363. The Labute approximate surface area is 107 Å². The van der Waals surface area contributed by atoms with E-state index in [1.54, 1.807) is 7.11 Å². The highest BCUT2D eigenvalue weighted by molar-refractivity contribution is 4.71. The average Bonchev–Trinajstić information content (AvgIpc) is 2.37. The molecular formula is C13H31N3O. The summed E-state index contributed by atoms with van der Waals surface area (Å²) >= 11 is 0. The molecule has 4 heteroatoms. The molecule has 0 aliphatic carbocycles. The van der Waals surface area contributed by atoms with Gasteiger partial charge in [-0.15, -0.1) is 0 Å².